The lowest BCUT2D eigenvalue weighted by Crippen LogP contribution is -2.31. The molecule has 1 amide bonds. The highest BCUT2D eigenvalue weighted by Crippen LogP contribution is 2.42. The predicted octanol–water partition coefficient (Wildman–Crippen LogP) is 4.38. The van der Waals surface area contributed by atoms with Crippen molar-refractivity contribution in [3.8, 4) is 0 Å². The molecule has 1 atom stereocenters. The lowest BCUT2D eigenvalue weighted by Gasteiger charge is -2.25. The molecule has 1 aliphatic heterocycles. The third-order valence-corrected chi connectivity index (χ3v) is 4.30. The number of halogens is 2. The second-order valence-electron chi connectivity index (χ2n) is 6.91. The van der Waals surface area contributed by atoms with Crippen LogP contribution in [0.4, 0.5) is 14.5 Å². The van der Waals surface area contributed by atoms with Crippen molar-refractivity contribution in [3.05, 3.63) is 64.8 Å². The Kier molecular flexibility index (Phi) is 4.87. The number of hydrogen-bond acceptors (Lipinski definition) is 4. The number of aliphatic hydroxyl groups excluding tert-OH is 1. The molecule has 142 valence electrons. The van der Waals surface area contributed by atoms with Crippen LogP contribution in [-0.2, 0) is 9.59 Å². The zero-order valence-electron chi connectivity index (χ0n) is 15.1. The topological polar surface area (TPSA) is 70.8 Å². The Morgan fingerprint density at radius 3 is 2.52 bits per heavy atom. The maximum absolute atomic E-state index is 14.4. The van der Waals surface area contributed by atoms with E-state index in [-0.39, 0.29) is 29.4 Å². The predicted molar refractivity (Wildman–Crippen MR) is 94.1 cm³/mol. The zero-order valence-corrected chi connectivity index (χ0v) is 15.1. The quantitative estimate of drug-likeness (QED) is 0.842. The smallest absolute Gasteiger partial charge is 0.294 e. The van der Waals surface area contributed by atoms with E-state index in [4.69, 9.17) is 4.42 Å². The fraction of sp³-hybridized carbons (Fsp3) is 0.300. The first kappa shape index (κ1) is 18.8. The Labute approximate surface area is 154 Å². The van der Waals surface area contributed by atoms with Gasteiger partial charge < -0.3 is 9.52 Å². The molecular weight excluding hydrogens is 356 g/mol. The second-order valence-corrected chi connectivity index (χ2v) is 6.91. The molecule has 3 rings (SSSR count). The number of Topliss-reactive ketones (excluding diaryl/α,β-unsaturated/α-hetero) is 1. The van der Waals surface area contributed by atoms with Crippen LogP contribution in [0.15, 0.2) is 46.1 Å². The molecule has 7 heteroatoms. The van der Waals surface area contributed by atoms with Crippen LogP contribution >= 0.6 is 0 Å². The van der Waals surface area contributed by atoms with Gasteiger partial charge in [0.1, 0.15) is 29.2 Å². The monoisotopic (exact) mass is 375 g/mol. The number of aliphatic hydroxyl groups is 1. The molecule has 1 aromatic heterocycles. The largest absolute Gasteiger partial charge is 0.503 e. The summed E-state index contributed by atoms with van der Waals surface area (Å²) in [5, 5.41) is 10.4. The summed E-state index contributed by atoms with van der Waals surface area (Å²) in [4.78, 5) is 26.4. The van der Waals surface area contributed by atoms with Crippen LogP contribution in [-0.4, -0.2) is 16.8 Å². The van der Waals surface area contributed by atoms with Crippen LogP contribution in [0, 0.1) is 24.5 Å². The molecule has 1 aromatic carbocycles. The SMILES string of the molecule is Cc1ccc(C2C(C(=O)CC(C)C)=C(O)C(=O)N2c2ccc(F)cc2F)o1. The molecular formula is C20H19F2NO4. The Bertz CT molecular complexity index is 945. The number of ketones is 1. The van der Waals surface area contributed by atoms with Gasteiger partial charge in [0.05, 0.1) is 11.3 Å². The van der Waals surface area contributed by atoms with Crippen molar-refractivity contribution in [3.63, 3.8) is 0 Å². The van der Waals surface area contributed by atoms with Gasteiger partial charge in [0, 0.05) is 12.5 Å². The van der Waals surface area contributed by atoms with Crippen LogP contribution in [0.25, 0.3) is 0 Å². The first-order chi connectivity index (χ1) is 12.7. The summed E-state index contributed by atoms with van der Waals surface area (Å²) in [6.07, 6.45) is 0.0998. The normalized spacial score (nSPS) is 17.3. The molecule has 0 radical (unpaired) electrons. The number of furan rings is 1. The number of benzene rings is 1. The van der Waals surface area contributed by atoms with Crippen molar-refractivity contribution in [2.75, 3.05) is 4.90 Å². The van der Waals surface area contributed by atoms with Crippen LogP contribution in [0.3, 0.4) is 0 Å². The standard InChI is InChI=1S/C20H19F2NO4/c1-10(2)8-15(24)17-18(16-7-4-11(3)27-16)23(20(26)19(17)25)14-6-5-12(21)9-13(14)22/h4-7,9-10,18,25H,8H2,1-3H3. The highest BCUT2D eigenvalue weighted by Gasteiger charge is 2.46. The summed E-state index contributed by atoms with van der Waals surface area (Å²) in [6.45, 7) is 5.34. The van der Waals surface area contributed by atoms with Crippen LogP contribution in [0.1, 0.15) is 37.8 Å². The Hall–Kier alpha value is -2.96. The van der Waals surface area contributed by atoms with Gasteiger partial charge in [0.2, 0.25) is 0 Å². The number of anilines is 1. The van der Waals surface area contributed by atoms with Gasteiger partial charge in [0.15, 0.2) is 11.5 Å². The Morgan fingerprint density at radius 1 is 1.26 bits per heavy atom. The van der Waals surface area contributed by atoms with Crippen LogP contribution in [0.2, 0.25) is 0 Å². The molecule has 0 aliphatic carbocycles. The molecule has 2 heterocycles. The Balaban J connectivity index is 2.16. The maximum atomic E-state index is 14.4. The summed E-state index contributed by atoms with van der Waals surface area (Å²) in [5.41, 5.74) is -0.397. The van der Waals surface area contributed by atoms with E-state index in [1.165, 1.54) is 0 Å². The maximum Gasteiger partial charge on any atom is 0.294 e. The number of amides is 1. The molecule has 0 bridgehead atoms. The minimum absolute atomic E-state index is 0.0107. The van der Waals surface area contributed by atoms with Crippen molar-refractivity contribution in [1.82, 2.24) is 0 Å². The van der Waals surface area contributed by atoms with E-state index in [2.05, 4.69) is 0 Å². The summed E-state index contributed by atoms with van der Waals surface area (Å²) in [5.74, 6) is -3.18. The third-order valence-electron chi connectivity index (χ3n) is 4.30. The van der Waals surface area contributed by atoms with Crippen molar-refractivity contribution in [2.24, 2.45) is 5.92 Å². The minimum atomic E-state index is -1.13. The summed E-state index contributed by atoms with van der Waals surface area (Å²) in [7, 11) is 0. The Morgan fingerprint density at radius 2 is 1.96 bits per heavy atom. The molecule has 0 fully saturated rings. The van der Waals surface area contributed by atoms with Gasteiger partial charge in [-0.15, -0.1) is 0 Å². The molecule has 1 N–H and O–H groups in total. The number of carbonyl (C=O) groups is 2. The number of rotatable bonds is 5. The van der Waals surface area contributed by atoms with Crippen LogP contribution in [0.5, 0.6) is 0 Å². The van der Waals surface area contributed by atoms with E-state index in [1.807, 2.05) is 13.8 Å². The van der Waals surface area contributed by atoms with Gasteiger partial charge in [-0.1, -0.05) is 13.8 Å². The average molecular weight is 375 g/mol. The molecule has 27 heavy (non-hydrogen) atoms. The third kappa shape index (κ3) is 3.37. The first-order valence-corrected chi connectivity index (χ1v) is 8.52. The highest BCUT2D eigenvalue weighted by atomic mass is 19.1. The van der Waals surface area contributed by atoms with Gasteiger partial charge >= 0.3 is 0 Å². The van der Waals surface area contributed by atoms with E-state index >= 15 is 0 Å². The van der Waals surface area contributed by atoms with Gasteiger partial charge in [-0.25, -0.2) is 8.78 Å². The molecule has 0 saturated carbocycles. The van der Waals surface area contributed by atoms with Crippen LogP contribution < -0.4 is 4.90 Å². The van der Waals surface area contributed by atoms with Crippen molar-refractivity contribution < 1.29 is 27.9 Å². The molecule has 1 unspecified atom stereocenters. The lowest BCUT2D eigenvalue weighted by molar-refractivity contribution is -0.118. The molecule has 2 aromatic rings. The van der Waals surface area contributed by atoms with Gasteiger partial charge in [-0.2, -0.15) is 0 Å². The second kappa shape index (κ2) is 6.98. The summed E-state index contributed by atoms with van der Waals surface area (Å²) < 4.78 is 33.3. The molecule has 5 nitrogen and oxygen atoms in total. The number of hydrogen-bond donors (Lipinski definition) is 1. The van der Waals surface area contributed by atoms with E-state index in [0.717, 1.165) is 17.0 Å². The first-order valence-electron chi connectivity index (χ1n) is 8.52. The summed E-state index contributed by atoms with van der Waals surface area (Å²) in [6, 6.07) is 4.80. The lowest BCUT2D eigenvalue weighted by atomic mass is 9.95. The fourth-order valence-electron chi connectivity index (χ4n) is 3.17. The van der Waals surface area contributed by atoms with Crippen molar-refractivity contribution in [2.45, 2.75) is 33.2 Å². The summed E-state index contributed by atoms with van der Waals surface area (Å²) >= 11 is 0. The molecule has 0 saturated heterocycles. The van der Waals surface area contributed by atoms with E-state index in [1.54, 1.807) is 19.1 Å². The number of nitrogens with zero attached hydrogens (tertiary/aromatic N) is 1. The minimum Gasteiger partial charge on any atom is -0.503 e. The molecule has 0 spiro atoms. The van der Waals surface area contributed by atoms with Gasteiger partial charge in [-0.3, -0.25) is 14.5 Å². The van der Waals surface area contributed by atoms with E-state index in [0.29, 0.717) is 11.8 Å². The van der Waals surface area contributed by atoms with Gasteiger partial charge in [-0.05, 0) is 37.1 Å². The van der Waals surface area contributed by atoms with Crippen molar-refractivity contribution >= 4 is 17.4 Å². The number of carbonyl (C=O) groups excluding carboxylic acids is 2. The van der Waals surface area contributed by atoms with Crippen molar-refractivity contribution in [1.29, 1.82) is 0 Å². The van der Waals surface area contributed by atoms with E-state index < -0.39 is 35.1 Å². The van der Waals surface area contributed by atoms with Gasteiger partial charge in [0.25, 0.3) is 5.91 Å². The number of aryl methyl sites for hydroxylation is 1. The average Bonchev–Trinajstić information content (AvgIpc) is 3.10. The zero-order chi connectivity index (χ0) is 19.9. The molecule has 1 aliphatic rings. The van der Waals surface area contributed by atoms with E-state index in [9.17, 15) is 23.5 Å². The highest BCUT2D eigenvalue weighted by molar-refractivity contribution is 6.16. The fourth-order valence-corrected chi connectivity index (χ4v) is 3.17.